The zero-order valence-electron chi connectivity index (χ0n) is 20.4. The highest BCUT2D eigenvalue weighted by atomic mass is 79.9. The van der Waals surface area contributed by atoms with Gasteiger partial charge in [0, 0.05) is 16.0 Å². The summed E-state index contributed by atoms with van der Waals surface area (Å²) in [7, 11) is 1.18. The molecule has 0 unspecified atom stereocenters. The number of phenols is 1. The summed E-state index contributed by atoms with van der Waals surface area (Å²) in [5, 5.41) is 10.2. The van der Waals surface area contributed by atoms with E-state index in [-0.39, 0.29) is 17.8 Å². The zero-order valence-corrected chi connectivity index (χ0v) is 22.0. The molecule has 4 atom stereocenters. The number of amides is 3. The van der Waals surface area contributed by atoms with Gasteiger partial charge in [0.15, 0.2) is 0 Å². The molecule has 1 aromatic carbocycles. The van der Waals surface area contributed by atoms with E-state index in [0.29, 0.717) is 17.9 Å². The van der Waals surface area contributed by atoms with E-state index in [2.05, 4.69) is 29.8 Å². The second-order valence-corrected chi connectivity index (χ2v) is 10.4. The molecule has 8 heteroatoms. The normalized spacial score (nSPS) is 26.3. The largest absolute Gasteiger partial charge is 0.507 e. The molecule has 0 bridgehead atoms. The number of methoxy groups -OCH3 is 1. The van der Waals surface area contributed by atoms with Crippen LogP contribution >= 0.6 is 15.9 Å². The van der Waals surface area contributed by atoms with Gasteiger partial charge >= 0.3 is 6.09 Å². The molecular formula is C27H32BrNO6. The van der Waals surface area contributed by atoms with Crippen molar-refractivity contribution in [1.29, 1.82) is 0 Å². The van der Waals surface area contributed by atoms with Crippen LogP contribution in [-0.4, -0.2) is 47.7 Å². The standard InChI is InChI=1S/C27H32BrNO6/c1-4-6-16-13-19-24(26(32)29(25(19)31)27(33)34-3)20-14-35-22(23(16)20)10-7-15(5-2)11-17-12-18(28)8-9-21(17)30/h8-9,11-12,19-20,22,24,30H,4-7,10,13-14H2,1-3H3/b15-11+/t19-,20+,22-,24-/m1/s1. The lowest BCUT2D eigenvalue weighted by Gasteiger charge is -2.31. The van der Waals surface area contributed by atoms with Gasteiger partial charge in [0.2, 0.25) is 11.8 Å². The fraction of sp³-hybridized carbons (Fsp3) is 0.519. The number of hydrogen-bond donors (Lipinski definition) is 1. The quantitative estimate of drug-likeness (QED) is 0.353. The van der Waals surface area contributed by atoms with E-state index in [1.165, 1.54) is 18.3 Å². The highest BCUT2D eigenvalue weighted by Crippen LogP contribution is 2.50. The Bertz CT molecular complexity index is 1090. The van der Waals surface area contributed by atoms with Crippen molar-refractivity contribution in [3.8, 4) is 5.75 Å². The number of likely N-dealkylation sites (tertiary alicyclic amines) is 1. The van der Waals surface area contributed by atoms with Gasteiger partial charge < -0.3 is 14.6 Å². The highest BCUT2D eigenvalue weighted by Gasteiger charge is 2.58. The molecule has 2 saturated heterocycles. The predicted molar refractivity (Wildman–Crippen MR) is 134 cm³/mol. The Morgan fingerprint density at radius 1 is 1.26 bits per heavy atom. The van der Waals surface area contributed by atoms with Crippen molar-refractivity contribution in [2.75, 3.05) is 13.7 Å². The van der Waals surface area contributed by atoms with Gasteiger partial charge in [-0.3, -0.25) is 9.59 Å². The Hall–Kier alpha value is -2.45. The first-order valence-corrected chi connectivity index (χ1v) is 13.1. The molecule has 0 saturated carbocycles. The minimum atomic E-state index is -0.906. The molecule has 35 heavy (non-hydrogen) atoms. The number of imide groups is 3. The van der Waals surface area contributed by atoms with Gasteiger partial charge in [-0.2, -0.15) is 4.90 Å². The van der Waals surface area contributed by atoms with E-state index in [9.17, 15) is 19.5 Å². The maximum Gasteiger partial charge on any atom is 0.423 e. The van der Waals surface area contributed by atoms with Gasteiger partial charge in [0.25, 0.3) is 0 Å². The molecule has 1 N–H and O–H groups in total. The summed E-state index contributed by atoms with van der Waals surface area (Å²) in [6.45, 7) is 4.57. The number of aromatic hydroxyl groups is 1. The number of carbonyl (C=O) groups excluding carboxylic acids is 3. The molecule has 7 nitrogen and oxygen atoms in total. The third kappa shape index (κ3) is 4.83. The average Bonchev–Trinajstić information content (AvgIpc) is 3.37. The Morgan fingerprint density at radius 2 is 2.03 bits per heavy atom. The van der Waals surface area contributed by atoms with E-state index in [1.807, 2.05) is 12.1 Å². The van der Waals surface area contributed by atoms with Crippen LogP contribution in [-0.2, 0) is 19.1 Å². The van der Waals surface area contributed by atoms with Crippen LogP contribution in [0.4, 0.5) is 4.79 Å². The summed E-state index contributed by atoms with van der Waals surface area (Å²) in [6.07, 6.45) is 5.65. The third-order valence-corrected chi connectivity index (χ3v) is 7.94. The van der Waals surface area contributed by atoms with Crippen molar-refractivity contribution in [2.45, 2.75) is 58.5 Å². The van der Waals surface area contributed by atoms with Gasteiger partial charge in [-0.25, -0.2) is 4.79 Å². The number of phenolic OH excluding ortho intramolecular Hbond substituents is 1. The van der Waals surface area contributed by atoms with Crippen molar-refractivity contribution in [1.82, 2.24) is 4.90 Å². The number of rotatable bonds is 7. The van der Waals surface area contributed by atoms with Gasteiger partial charge in [0.1, 0.15) is 5.75 Å². The van der Waals surface area contributed by atoms with Crippen LogP contribution in [0, 0.1) is 17.8 Å². The van der Waals surface area contributed by atoms with Crippen molar-refractivity contribution in [3.05, 3.63) is 45.0 Å². The van der Waals surface area contributed by atoms with Crippen molar-refractivity contribution in [2.24, 2.45) is 17.8 Å². The molecule has 1 aliphatic carbocycles. The molecule has 3 aliphatic rings. The van der Waals surface area contributed by atoms with Crippen molar-refractivity contribution < 1.29 is 29.0 Å². The summed E-state index contributed by atoms with van der Waals surface area (Å²) >= 11 is 3.46. The molecule has 0 spiro atoms. The number of hydrogen-bond acceptors (Lipinski definition) is 6. The Morgan fingerprint density at radius 3 is 2.71 bits per heavy atom. The number of halogens is 1. The van der Waals surface area contributed by atoms with Gasteiger partial charge in [-0.15, -0.1) is 0 Å². The van der Waals surface area contributed by atoms with E-state index < -0.39 is 29.7 Å². The average molecular weight is 546 g/mol. The maximum absolute atomic E-state index is 13.1. The molecule has 188 valence electrons. The molecular weight excluding hydrogens is 514 g/mol. The van der Waals surface area contributed by atoms with E-state index in [1.54, 1.807) is 12.1 Å². The van der Waals surface area contributed by atoms with E-state index >= 15 is 0 Å². The summed E-state index contributed by atoms with van der Waals surface area (Å²) < 4.78 is 11.8. The minimum Gasteiger partial charge on any atom is -0.507 e. The molecule has 1 aromatic rings. The molecule has 3 amide bonds. The molecule has 0 radical (unpaired) electrons. The Labute approximate surface area is 214 Å². The fourth-order valence-corrected chi connectivity index (χ4v) is 6.19. The lowest BCUT2D eigenvalue weighted by atomic mass is 9.68. The number of allylic oxidation sites excluding steroid dienone is 2. The number of nitrogens with zero attached hydrogens (tertiary/aromatic N) is 1. The summed E-state index contributed by atoms with van der Waals surface area (Å²) in [6, 6.07) is 5.37. The molecule has 4 rings (SSSR count). The summed E-state index contributed by atoms with van der Waals surface area (Å²) in [4.78, 5) is 38.9. The topological polar surface area (TPSA) is 93.1 Å². The van der Waals surface area contributed by atoms with Crippen LogP contribution < -0.4 is 0 Å². The molecule has 2 aliphatic heterocycles. The summed E-state index contributed by atoms with van der Waals surface area (Å²) in [5.74, 6) is -1.95. The molecule has 2 fully saturated rings. The Balaban J connectivity index is 1.57. The number of carbonyl (C=O) groups is 3. The number of benzene rings is 1. The number of ether oxygens (including phenoxy) is 2. The first kappa shape index (κ1) is 25.6. The van der Waals surface area contributed by atoms with Crippen LogP contribution in [0.1, 0.15) is 57.9 Å². The van der Waals surface area contributed by atoms with Gasteiger partial charge in [-0.05, 0) is 55.9 Å². The molecule has 2 heterocycles. The van der Waals surface area contributed by atoms with Crippen LogP contribution in [0.15, 0.2) is 39.4 Å². The lowest BCUT2D eigenvalue weighted by molar-refractivity contribution is -0.137. The van der Waals surface area contributed by atoms with Crippen LogP contribution in [0.25, 0.3) is 6.08 Å². The summed E-state index contributed by atoms with van der Waals surface area (Å²) in [5.41, 5.74) is 4.31. The highest BCUT2D eigenvalue weighted by molar-refractivity contribution is 9.10. The van der Waals surface area contributed by atoms with E-state index in [4.69, 9.17) is 9.47 Å². The van der Waals surface area contributed by atoms with E-state index in [0.717, 1.165) is 47.7 Å². The first-order chi connectivity index (χ1) is 16.8. The Kier molecular flexibility index (Phi) is 7.81. The van der Waals surface area contributed by atoms with Gasteiger partial charge in [-0.1, -0.05) is 53.4 Å². The van der Waals surface area contributed by atoms with Crippen LogP contribution in [0.5, 0.6) is 5.75 Å². The second kappa shape index (κ2) is 10.7. The van der Waals surface area contributed by atoms with Crippen molar-refractivity contribution in [3.63, 3.8) is 0 Å². The van der Waals surface area contributed by atoms with Crippen LogP contribution in [0.3, 0.4) is 0 Å². The zero-order chi connectivity index (χ0) is 25.3. The first-order valence-electron chi connectivity index (χ1n) is 12.3. The monoisotopic (exact) mass is 545 g/mol. The predicted octanol–water partition coefficient (Wildman–Crippen LogP) is 5.61. The lowest BCUT2D eigenvalue weighted by Crippen LogP contribution is -2.38. The smallest absolute Gasteiger partial charge is 0.423 e. The van der Waals surface area contributed by atoms with Crippen LogP contribution in [0.2, 0.25) is 0 Å². The SMILES string of the molecule is CCCC1=C2[C@@H](CC/C(=C/c3cc(Br)ccc3O)CC)OC[C@@H]2[C@@H]2C(=O)N(C(=O)OC)C(=O)[C@@H]2C1. The maximum atomic E-state index is 13.1. The molecule has 0 aromatic heterocycles. The number of fused-ring (bicyclic) bond motifs is 3. The van der Waals surface area contributed by atoms with Gasteiger partial charge in [0.05, 0.1) is 31.7 Å². The fourth-order valence-electron chi connectivity index (χ4n) is 5.81. The third-order valence-electron chi connectivity index (χ3n) is 7.45. The van der Waals surface area contributed by atoms with Crippen molar-refractivity contribution >= 4 is 39.9 Å². The minimum absolute atomic E-state index is 0.122. The second-order valence-electron chi connectivity index (χ2n) is 9.45.